The molecular weight excluding hydrogens is 295 g/mol. The molecule has 2 aromatic rings. The molecule has 2 amide bonds. The summed E-state index contributed by atoms with van der Waals surface area (Å²) >= 11 is 0. The number of fused-ring (bicyclic) bond motifs is 1. The number of nitrogens with zero attached hydrogens (tertiary/aromatic N) is 2. The third kappa shape index (κ3) is 2.22. The van der Waals surface area contributed by atoms with Crippen molar-refractivity contribution in [2.75, 3.05) is 0 Å². The van der Waals surface area contributed by atoms with Crippen molar-refractivity contribution in [3.8, 4) is 0 Å². The quantitative estimate of drug-likeness (QED) is 0.800. The van der Waals surface area contributed by atoms with Crippen molar-refractivity contribution in [3.63, 3.8) is 0 Å². The Balaban J connectivity index is 1.71. The minimum atomic E-state index is -0.492. The maximum absolute atomic E-state index is 13.8. The van der Waals surface area contributed by atoms with Gasteiger partial charge in [0.25, 0.3) is 0 Å². The fourth-order valence-corrected chi connectivity index (χ4v) is 3.98. The first-order chi connectivity index (χ1) is 11.1. The number of benzene rings is 1. The zero-order valence-corrected chi connectivity index (χ0v) is 12.7. The van der Waals surface area contributed by atoms with Gasteiger partial charge in [-0.1, -0.05) is 18.9 Å². The van der Waals surface area contributed by atoms with Crippen LogP contribution in [0.15, 0.2) is 30.5 Å². The Kier molecular flexibility index (Phi) is 3.18. The number of carbonyl (C=O) groups is 2. The minimum Gasteiger partial charge on any atom is -0.278 e. The van der Waals surface area contributed by atoms with Crippen LogP contribution in [0.1, 0.15) is 37.7 Å². The zero-order chi connectivity index (χ0) is 16.0. The van der Waals surface area contributed by atoms with E-state index >= 15 is 0 Å². The molecular formula is C18H17FN2O2. The number of halogens is 1. The van der Waals surface area contributed by atoms with Crippen molar-refractivity contribution in [3.05, 3.63) is 41.8 Å². The van der Waals surface area contributed by atoms with Crippen LogP contribution in [0.25, 0.3) is 10.9 Å². The summed E-state index contributed by atoms with van der Waals surface area (Å²) in [4.78, 5) is 30.7. The summed E-state index contributed by atoms with van der Waals surface area (Å²) < 4.78 is 13.8. The molecule has 5 heteroatoms. The normalized spacial score (nSPS) is 20.1. The van der Waals surface area contributed by atoms with Gasteiger partial charge in [-0.2, -0.15) is 0 Å². The van der Waals surface area contributed by atoms with Gasteiger partial charge in [0.05, 0.1) is 17.5 Å². The number of imide groups is 1. The monoisotopic (exact) mass is 312 g/mol. The molecule has 2 fully saturated rings. The van der Waals surface area contributed by atoms with E-state index < -0.39 is 5.41 Å². The van der Waals surface area contributed by atoms with Crippen LogP contribution in [-0.4, -0.2) is 21.7 Å². The number of pyridine rings is 1. The second-order valence-electron chi connectivity index (χ2n) is 6.59. The first-order valence-corrected chi connectivity index (χ1v) is 7.97. The molecule has 1 aromatic heterocycles. The molecule has 2 aliphatic rings. The number of rotatable bonds is 2. The summed E-state index contributed by atoms with van der Waals surface area (Å²) in [6, 6.07) is 6.31. The number of hydrogen-bond acceptors (Lipinski definition) is 3. The fraction of sp³-hybridized carbons (Fsp3) is 0.389. The molecule has 4 rings (SSSR count). The van der Waals surface area contributed by atoms with E-state index in [1.807, 2.05) is 0 Å². The molecule has 4 nitrogen and oxygen atoms in total. The average Bonchev–Trinajstić information content (AvgIpc) is 3.08. The smallest absolute Gasteiger partial charge is 0.236 e. The number of likely N-dealkylation sites (tertiary alicyclic amines) is 1. The van der Waals surface area contributed by atoms with E-state index in [-0.39, 0.29) is 24.2 Å². The molecule has 118 valence electrons. The van der Waals surface area contributed by atoms with Crippen LogP contribution in [0, 0.1) is 11.2 Å². The van der Waals surface area contributed by atoms with Crippen molar-refractivity contribution in [1.29, 1.82) is 0 Å². The molecule has 2 heterocycles. The van der Waals surface area contributed by atoms with Crippen LogP contribution in [0.5, 0.6) is 0 Å². The van der Waals surface area contributed by atoms with Gasteiger partial charge in [0.15, 0.2) is 0 Å². The predicted octanol–water partition coefficient (Wildman–Crippen LogP) is 3.19. The van der Waals surface area contributed by atoms with E-state index in [0.717, 1.165) is 25.7 Å². The summed E-state index contributed by atoms with van der Waals surface area (Å²) in [7, 11) is 0. The van der Waals surface area contributed by atoms with Crippen LogP contribution in [0.2, 0.25) is 0 Å². The first kappa shape index (κ1) is 14.3. The molecule has 23 heavy (non-hydrogen) atoms. The second kappa shape index (κ2) is 5.11. The molecule has 1 aliphatic carbocycles. The number of hydrogen-bond donors (Lipinski definition) is 0. The van der Waals surface area contributed by atoms with Gasteiger partial charge < -0.3 is 0 Å². The molecule has 1 saturated heterocycles. The first-order valence-electron chi connectivity index (χ1n) is 7.97. The molecule has 1 spiro atoms. The lowest BCUT2D eigenvalue weighted by Gasteiger charge is -2.21. The molecule has 0 radical (unpaired) electrons. The summed E-state index contributed by atoms with van der Waals surface area (Å²) in [5, 5.41) is 0.678. The maximum Gasteiger partial charge on any atom is 0.236 e. The molecule has 0 unspecified atom stereocenters. The maximum atomic E-state index is 13.8. The third-order valence-corrected chi connectivity index (χ3v) is 5.13. The van der Waals surface area contributed by atoms with Gasteiger partial charge in [0, 0.05) is 23.6 Å². The highest BCUT2D eigenvalue weighted by atomic mass is 19.1. The lowest BCUT2D eigenvalue weighted by molar-refractivity contribution is -0.142. The Morgan fingerprint density at radius 2 is 2.00 bits per heavy atom. The van der Waals surface area contributed by atoms with Crippen LogP contribution in [-0.2, 0) is 16.1 Å². The number of amides is 2. The number of carbonyl (C=O) groups excluding carboxylic acids is 2. The summed E-state index contributed by atoms with van der Waals surface area (Å²) in [6.45, 7) is 0.102. The van der Waals surface area contributed by atoms with Crippen LogP contribution < -0.4 is 0 Å². The van der Waals surface area contributed by atoms with Gasteiger partial charge in [0.1, 0.15) is 5.82 Å². The van der Waals surface area contributed by atoms with Crippen molar-refractivity contribution in [1.82, 2.24) is 9.88 Å². The Morgan fingerprint density at radius 3 is 2.78 bits per heavy atom. The van der Waals surface area contributed by atoms with Crippen LogP contribution in [0.4, 0.5) is 4.39 Å². The van der Waals surface area contributed by atoms with Gasteiger partial charge in [-0.3, -0.25) is 19.5 Å². The minimum absolute atomic E-state index is 0.0895. The van der Waals surface area contributed by atoms with E-state index in [1.165, 1.54) is 17.0 Å². The summed E-state index contributed by atoms with van der Waals surface area (Å²) in [5.74, 6) is -0.617. The Morgan fingerprint density at radius 1 is 1.22 bits per heavy atom. The number of aromatic nitrogens is 1. The van der Waals surface area contributed by atoms with Crippen molar-refractivity contribution in [2.45, 2.75) is 38.6 Å². The van der Waals surface area contributed by atoms with Crippen LogP contribution in [0.3, 0.4) is 0 Å². The van der Waals surface area contributed by atoms with E-state index in [4.69, 9.17) is 0 Å². The molecule has 1 saturated carbocycles. The van der Waals surface area contributed by atoms with E-state index in [9.17, 15) is 14.0 Å². The standard InChI is InChI=1S/C18H17FN2O2/c19-14-8-12-4-3-7-20-16(12)13(9-14)11-21-15(22)10-18(17(21)23)5-1-2-6-18/h3-4,7-9H,1-2,5-6,10-11H2. The topological polar surface area (TPSA) is 50.3 Å². The average molecular weight is 312 g/mol. The summed E-state index contributed by atoms with van der Waals surface area (Å²) in [5.41, 5.74) is 0.729. The Bertz CT molecular complexity index is 812. The van der Waals surface area contributed by atoms with Gasteiger partial charge in [-0.15, -0.1) is 0 Å². The van der Waals surface area contributed by atoms with Gasteiger partial charge in [0.2, 0.25) is 11.8 Å². The Hall–Kier alpha value is -2.30. The lowest BCUT2D eigenvalue weighted by atomic mass is 9.84. The predicted molar refractivity (Wildman–Crippen MR) is 82.8 cm³/mol. The van der Waals surface area contributed by atoms with Crippen molar-refractivity contribution >= 4 is 22.7 Å². The largest absolute Gasteiger partial charge is 0.278 e. The van der Waals surface area contributed by atoms with E-state index in [2.05, 4.69) is 4.98 Å². The molecule has 0 atom stereocenters. The van der Waals surface area contributed by atoms with Crippen molar-refractivity contribution < 1.29 is 14.0 Å². The van der Waals surface area contributed by atoms with Crippen molar-refractivity contribution in [2.24, 2.45) is 5.41 Å². The SMILES string of the molecule is O=C1CC2(CCCC2)C(=O)N1Cc1cc(F)cc2cccnc12. The highest BCUT2D eigenvalue weighted by Crippen LogP contribution is 2.47. The molecule has 0 N–H and O–H groups in total. The highest BCUT2D eigenvalue weighted by Gasteiger charge is 2.52. The Labute approximate surface area is 133 Å². The van der Waals surface area contributed by atoms with Gasteiger partial charge in [-0.25, -0.2) is 4.39 Å². The van der Waals surface area contributed by atoms with Crippen LogP contribution >= 0.6 is 0 Å². The van der Waals surface area contributed by atoms with E-state index in [0.29, 0.717) is 22.9 Å². The molecule has 1 aliphatic heterocycles. The van der Waals surface area contributed by atoms with Gasteiger partial charge in [-0.05, 0) is 31.0 Å². The second-order valence-corrected chi connectivity index (χ2v) is 6.59. The molecule has 1 aromatic carbocycles. The van der Waals surface area contributed by atoms with Gasteiger partial charge >= 0.3 is 0 Å². The fourth-order valence-electron chi connectivity index (χ4n) is 3.98. The summed E-state index contributed by atoms with van der Waals surface area (Å²) in [6.07, 6.45) is 5.50. The highest BCUT2D eigenvalue weighted by molar-refractivity contribution is 6.06. The third-order valence-electron chi connectivity index (χ3n) is 5.13. The van der Waals surface area contributed by atoms with E-state index in [1.54, 1.807) is 18.3 Å². The zero-order valence-electron chi connectivity index (χ0n) is 12.7. The molecule has 0 bridgehead atoms. The lowest BCUT2D eigenvalue weighted by Crippen LogP contribution is -2.34.